The Morgan fingerprint density at radius 2 is 2.00 bits per heavy atom. The number of piperidine rings is 1. The molecule has 2 aliphatic rings. The summed E-state index contributed by atoms with van der Waals surface area (Å²) in [6.07, 6.45) is 1.19. The monoisotopic (exact) mass is 446 g/mol. The van der Waals surface area contributed by atoms with Crippen LogP contribution in [0.1, 0.15) is 33.6 Å². The first-order valence-corrected chi connectivity index (χ1v) is 11.6. The van der Waals surface area contributed by atoms with E-state index in [0.717, 1.165) is 60.2 Å². The Bertz CT molecular complexity index is 949. The van der Waals surface area contributed by atoms with Gasteiger partial charge in [-0.25, -0.2) is 9.78 Å². The third kappa shape index (κ3) is 5.46. The lowest BCUT2D eigenvalue weighted by molar-refractivity contribution is -0.121. The molecule has 0 aliphatic carbocycles. The summed E-state index contributed by atoms with van der Waals surface area (Å²) >= 11 is 1.63. The van der Waals surface area contributed by atoms with Gasteiger partial charge < -0.3 is 24.6 Å². The smallest absolute Gasteiger partial charge is 0.410 e. The number of anilines is 2. The van der Waals surface area contributed by atoms with Crippen LogP contribution in [0.15, 0.2) is 18.2 Å². The highest BCUT2D eigenvalue weighted by atomic mass is 32.1. The summed E-state index contributed by atoms with van der Waals surface area (Å²) in [7, 11) is 0. The van der Waals surface area contributed by atoms with Crippen LogP contribution in [0.5, 0.6) is 0 Å². The number of nitrogens with zero attached hydrogens (tertiary/aromatic N) is 3. The molecule has 0 saturated carbocycles. The number of carbonyl (C=O) groups is 2. The molecule has 2 saturated heterocycles. The van der Waals surface area contributed by atoms with Crippen molar-refractivity contribution in [2.24, 2.45) is 5.92 Å². The number of benzene rings is 1. The summed E-state index contributed by atoms with van der Waals surface area (Å²) in [4.78, 5) is 33.9. The van der Waals surface area contributed by atoms with Crippen molar-refractivity contribution in [3.05, 3.63) is 18.2 Å². The van der Waals surface area contributed by atoms with E-state index in [0.29, 0.717) is 13.1 Å². The predicted octanol–water partition coefficient (Wildman–Crippen LogP) is 3.72. The summed E-state index contributed by atoms with van der Waals surface area (Å²) < 4.78 is 11.9. The molecule has 168 valence electrons. The number of hydrogen-bond acceptors (Lipinski definition) is 7. The average molecular weight is 447 g/mol. The molecule has 2 aromatic rings. The highest BCUT2D eigenvalue weighted by Gasteiger charge is 2.31. The van der Waals surface area contributed by atoms with Crippen LogP contribution in [0.3, 0.4) is 0 Å². The van der Waals surface area contributed by atoms with E-state index in [2.05, 4.69) is 10.2 Å². The summed E-state index contributed by atoms with van der Waals surface area (Å²) in [5.41, 5.74) is 1.14. The third-order valence-electron chi connectivity index (χ3n) is 5.37. The van der Waals surface area contributed by atoms with E-state index < -0.39 is 5.60 Å². The number of amides is 2. The molecule has 1 aromatic heterocycles. The largest absolute Gasteiger partial charge is 0.444 e. The Balaban J connectivity index is 1.40. The van der Waals surface area contributed by atoms with E-state index in [9.17, 15) is 9.59 Å². The lowest BCUT2D eigenvalue weighted by atomic mass is 9.97. The molecule has 0 bridgehead atoms. The SMILES string of the molecule is CC(C)(C)OC(=O)N1CCCC(C(=O)Nc2ccc3nc(N4CCOCC4)sc3c2)C1. The molecule has 1 N–H and O–H groups in total. The molecular weight excluding hydrogens is 416 g/mol. The number of fused-ring (bicyclic) bond motifs is 1. The van der Waals surface area contributed by atoms with Crippen LogP contribution in [0.25, 0.3) is 10.2 Å². The molecule has 8 nitrogen and oxygen atoms in total. The topological polar surface area (TPSA) is 84.0 Å². The normalized spacial score (nSPS) is 20.0. The van der Waals surface area contributed by atoms with Crippen LogP contribution < -0.4 is 10.2 Å². The van der Waals surface area contributed by atoms with Gasteiger partial charge in [0.05, 0.1) is 29.3 Å². The lowest BCUT2D eigenvalue weighted by Gasteiger charge is -2.33. The van der Waals surface area contributed by atoms with Crippen molar-refractivity contribution >= 4 is 44.4 Å². The maximum absolute atomic E-state index is 12.9. The van der Waals surface area contributed by atoms with Gasteiger partial charge in [0, 0.05) is 31.9 Å². The minimum Gasteiger partial charge on any atom is -0.444 e. The van der Waals surface area contributed by atoms with Gasteiger partial charge in [0.1, 0.15) is 5.60 Å². The number of hydrogen-bond donors (Lipinski definition) is 1. The molecule has 31 heavy (non-hydrogen) atoms. The zero-order chi connectivity index (χ0) is 22.0. The van der Waals surface area contributed by atoms with Gasteiger partial charge in [-0.05, 0) is 51.8 Å². The van der Waals surface area contributed by atoms with Crippen LogP contribution in [0.4, 0.5) is 15.6 Å². The van der Waals surface area contributed by atoms with Gasteiger partial charge in [0.2, 0.25) is 5.91 Å². The molecule has 4 rings (SSSR count). The maximum Gasteiger partial charge on any atom is 0.410 e. The summed E-state index contributed by atoms with van der Waals surface area (Å²) in [6, 6.07) is 5.81. The Hall–Kier alpha value is -2.39. The van der Waals surface area contributed by atoms with Gasteiger partial charge in [-0.3, -0.25) is 4.79 Å². The van der Waals surface area contributed by atoms with Gasteiger partial charge in [-0.1, -0.05) is 11.3 Å². The van der Waals surface area contributed by atoms with E-state index in [1.165, 1.54) is 0 Å². The van der Waals surface area contributed by atoms with Crippen LogP contribution in [-0.2, 0) is 14.3 Å². The van der Waals surface area contributed by atoms with Gasteiger partial charge in [0.15, 0.2) is 5.13 Å². The number of aromatic nitrogens is 1. The zero-order valence-corrected chi connectivity index (χ0v) is 19.2. The standard InChI is InChI=1S/C22H30N4O4S/c1-22(2,3)30-21(28)26-8-4-5-15(14-26)19(27)23-16-6-7-17-18(13-16)31-20(24-17)25-9-11-29-12-10-25/h6-7,13,15H,4-5,8-12,14H2,1-3H3,(H,23,27). The number of rotatable bonds is 3. The highest BCUT2D eigenvalue weighted by molar-refractivity contribution is 7.22. The van der Waals surface area contributed by atoms with Crippen LogP contribution in [-0.4, -0.2) is 66.9 Å². The molecule has 3 heterocycles. The first-order valence-electron chi connectivity index (χ1n) is 10.8. The number of nitrogens with one attached hydrogen (secondary N) is 1. The number of likely N-dealkylation sites (tertiary alicyclic amines) is 1. The van der Waals surface area contributed by atoms with Crippen LogP contribution >= 0.6 is 11.3 Å². The summed E-state index contributed by atoms with van der Waals surface area (Å²) in [5, 5.41) is 4.02. The lowest BCUT2D eigenvalue weighted by Crippen LogP contribution is -2.45. The Morgan fingerprint density at radius 1 is 1.23 bits per heavy atom. The van der Waals surface area contributed by atoms with Crippen molar-refractivity contribution < 1.29 is 19.1 Å². The van der Waals surface area contributed by atoms with Gasteiger partial charge >= 0.3 is 6.09 Å². The van der Waals surface area contributed by atoms with E-state index in [1.807, 2.05) is 39.0 Å². The molecule has 9 heteroatoms. The van der Waals surface area contributed by atoms with Crippen LogP contribution in [0.2, 0.25) is 0 Å². The summed E-state index contributed by atoms with van der Waals surface area (Å²) in [6.45, 7) is 9.67. The number of thiazole rings is 1. The molecule has 2 aliphatic heterocycles. The quantitative estimate of drug-likeness (QED) is 0.774. The van der Waals surface area contributed by atoms with Crippen molar-refractivity contribution in [1.82, 2.24) is 9.88 Å². The molecule has 1 aromatic carbocycles. The van der Waals surface area contributed by atoms with Crippen molar-refractivity contribution in [2.45, 2.75) is 39.2 Å². The van der Waals surface area contributed by atoms with E-state index in [-0.39, 0.29) is 17.9 Å². The predicted molar refractivity (Wildman–Crippen MR) is 122 cm³/mol. The Morgan fingerprint density at radius 3 is 2.74 bits per heavy atom. The highest BCUT2D eigenvalue weighted by Crippen LogP contribution is 2.31. The second-order valence-electron chi connectivity index (χ2n) is 9.03. The fraction of sp³-hybridized carbons (Fsp3) is 0.591. The number of ether oxygens (including phenoxy) is 2. The molecule has 1 unspecified atom stereocenters. The number of carbonyl (C=O) groups excluding carboxylic acids is 2. The van der Waals surface area contributed by atoms with Crippen molar-refractivity contribution in [1.29, 1.82) is 0 Å². The van der Waals surface area contributed by atoms with Crippen molar-refractivity contribution in [2.75, 3.05) is 49.6 Å². The van der Waals surface area contributed by atoms with Gasteiger partial charge in [0.25, 0.3) is 0 Å². The molecular formula is C22H30N4O4S. The Kier molecular flexibility index (Phi) is 6.34. The minimum atomic E-state index is -0.545. The van der Waals surface area contributed by atoms with Crippen molar-refractivity contribution in [3.8, 4) is 0 Å². The molecule has 2 amide bonds. The number of morpholine rings is 1. The minimum absolute atomic E-state index is 0.0643. The zero-order valence-electron chi connectivity index (χ0n) is 18.3. The van der Waals surface area contributed by atoms with E-state index >= 15 is 0 Å². The molecule has 0 spiro atoms. The molecule has 0 radical (unpaired) electrons. The summed E-state index contributed by atoms with van der Waals surface area (Å²) in [5.74, 6) is -0.312. The van der Waals surface area contributed by atoms with Crippen molar-refractivity contribution in [3.63, 3.8) is 0 Å². The van der Waals surface area contributed by atoms with Gasteiger partial charge in [-0.2, -0.15) is 0 Å². The first-order chi connectivity index (χ1) is 14.8. The molecule has 1 atom stereocenters. The fourth-order valence-electron chi connectivity index (χ4n) is 3.81. The van der Waals surface area contributed by atoms with E-state index in [4.69, 9.17) is 14.5 Å². The van der Waals surface area contributed by atoms with Crippen LogP contribution in [0, 0.1) is 5.92 Å². The molecule has 2 fully saturated rings. The first kappa shape index (κ1) is 21.8. The second kappa shape index (κ2) is 9.00. The fourth-order valence-corrected chi connectivity index (χ4v) is 4.86. The Labute approximate surface area is 186 Å². The van der Waals surface area contributed by atoms with E-state index in [1.54, 1.807) is 16.2 Å². The average Bonchev–Trinajstić information content (AvgIpc) is 3.17. The maximum atomic E-state index is 12.9. The third-order valence-corrected chi connectivity index (χ3v) is 6.45. The van der Waals surface area contributed by atoms with Gasteiger partial charge in [-0.15, -0.1) is 0 Å². The second-order valence-corrected chi connectivity index (χ2v) is 10.0.